The minimum absolute atomic E-state index is 0.186. The van der Waals surface area contributed by atoms with E-state index in [0.29, 0.717) is 25.4 Å². The first-order valence-corrected chi connectivity index (χ1v) is 5.85. The Balaban J connectivity index is 2.10. The minimum atomic E-state index is -4.03. The Morgan fingerprint density at radius 1 is 1.31 bits per heavy atom. The van der Waals surface area contributed by atoms with Gasteiger partial charge in [-0.15, -0.1) is 0 Å². The third-order valence-corrected chi connectivity index (χ3v) is 3.19. The van der Waals surface area contributed by atoms with E-state index in [1.165, 1.54) is 0 Å². The van der Waals surface area contributed by atoms with Crippen LogP contribution in [0, 0.1) is 5.92 Å². The van der Waals surface area contributed by atoms with Crippen molar-refractivity contribution >= 4 is 0 Å². The van der Waals surface area contributed by atoms with Crippen molar-refractivity contribution in [2.45, 2.75) is 44.9 Å². The predicted octanol–water partition coefficient (Wildman–Crippen LogP) is 2.42. The molecule has 2 atom stereocenters. The molecule has 1 rings (SSSR count). The summed E-state index contributed by atoms with van der Waals surface area (Å²) in [4.78, 5) is 2.06. The maximum absolute atomic E-state index is 11.9. The molecule has 0 spiro atoms. The van der Waals surface area contributed by atoms with Gasteiger partial charge >= 0.3 is 6.18 Å². The Labute approximate surface area is 94.4 Å². The number of likely N-dealkylation sites (tertiary alicyclic amines) is 1. The first-order chi connectivity index (χ1) is 7.38. The van der Waals surface area contributed by atoms with Gasteiger partial charge in [-0.2, -0.15) is 13.2 Å². The zero-order valence-electron chi connectivity index (χ0n) is 9.63. The highest BCUT2D eigenvalue weighted by Crippen LogP contribution is 2.23. The Bertz CT molecular complexity index is 208. The van der Waals surface area contributed by atoms with Gasteiger partial charge in [0, 0.05) is 13.0 Å². The van der Waals surface area contributed by atoms with Crippen molar-refractivity contribution in [3.05, 3.63) is 0 Å². The molecule has 16 heavy (non-hydrogen) atoms. The summed E-state index contributed by atoms with van der Waals surface area (Å²) < 4.78 is 35.6. The molecule has 5 heteroatoms. The van der Waals surface area contributed by atoms with Gasteiger partial charge in [0.15, 0.2) is 0 Å². The molecule has 1 aliphatic rings. The lowest BCUT2D eigenvalue weighted by atomic mass is 9.96. The Morgan fingerprint density at radius 2 is 2.00 bits per heavy atom. The van der Waals surface area contributed by atoms with Crippen LogP contribution in [0.4, 0.5) is 13.2 Å². The number of alkyl halides is 3. The number of halogens is 3. The summed E-state index contributed by atoms with van der Waals surface area (Å²) in [6, 6.07) is 0. The van der Waals surface area contributed by atoms with Crippen LogP contribution in [0.1, 0.15) is 32.6 Å². The van der Waals surface area contributed by atoms with Crippen molar-refractivity contribution in [3.63, 3.8) is 0 Å². The Hall–Kier alpha value is -0.290. The zero-order chi connectivity index (χ0) is 12.2. The molecule has 0 bridgehead atoms. The highest BCUT2D eigenvalue weighted by Gasteiger charge is 2.27. The Kier molecular flexibility index (Phi) is 5.05. The third-order valence-electron chi connectivity index (χ3n) is 3.19. The van der Waals surface area contributed by atoms with Crippen molar-refractivity contribution in [1.29, 1.82) is 0 Å². The number of aliphatic hydroxyl groups is 1. The number of nitrogens with zero attached hydrogens (tertiary/aromatic N) is 1. The zero-order valence-corrected chi connectivity index (χ0v) is 9.63. The molecule has 96 valence electrons. The lowest BCUT2D eigenvalue weighted by Gasteiger charge is -2.34. The van der Waals surface area contributed by atoms with Crippen LogP contribution in [-0.2, 0) is 0 Å². The molecular formula is C11H20F3NO. The van der Waals surface area contributed by atoms with Crippen LogP contribution in [-0.4, -0.2) is 41.9 Å². The van der Waals surface area contributed by atoms with E-state index in [1.54, 1.807) is 0 Å². The van der Waals surface area contributed by atoms with Crippen LogP contribution in [0.2, 0.25) is 0 Å². The van der Waals surface area contributed by atoms with E-state index in [0.717, 1.165) is 13.0 Å². The SMILES string of the molecule is CC1CCN(CCCCC(F)(F)F)CC1O. The molecule has 0 saturated carbocycles. The average molecular weight is 239 g/mol. The molecule has 0 aliphatic carbocycles. The number of aliphatic hydroxyl groups excluding tert-OH is 1. The minimum Gasteiger partial charge on any atom is -0.392 e. The number of hydrogen-bond acceptors (Lipinski definition) is 2. The van der Waals surface area contributed by atoms with Gasteiger partial charge in [0.25, 0.3) is 0 Å². The molecule has 2 unspecified atom stereocenters. The molecule has 1 N–H and O–H groups in total. The summed E-state index contributed by atoms with van der Waals surface area (Å²) >= 11 is 0. The molecule has 0 aromatic carbocycles. The lowest BCUT2D eigenvalue weighted by Crippen LogP contribution is -2.43. The van der Waals surface area contributed by atoms with E-state index in [-0.39, 0.29) is 12.5 Å². The van der Waals surface area contributed by atoms with Crippen LogP contribution in [0.5, 0.6) is 0 Å². The Morgan fingerprint density at radius 3 is 2.56 bits per heavy atom. The molecule has 1 heterocycles. The number of piperidine rings is 1. The van der Waals surface area contributed by atoms with Crippen LogP contribution in [0.15, 0.2) is 0 Å². The standard InChI is InChI=1S/C11H20F3NO/c1-9-4-7-15(8-10(9)16)6-3-2-5-11(12,13)14/h9-10,16H,2-8H2,1H3. The maximum Gasteiger partial charge on any atom is 0.389 e. The van der Waals surface area contributed by atoms with E-state index in [2.05, 4.69) is 4.90 Å². The largest absolute Gasteiger partial charge is 0.392 e. The molecule has 2 nitrogen and oxygen atoms in total. The second-order valence-electron chi connectivity index (χ2n) is 4.71. The molecule has 0 aromatic rings. The van der Waals surface area contributed by atoms with Crippen LogP contribution in [0.3, 0.4) is 0 Å². The van der Waals surface area contributed by atoms with Gasteiger partial charge in [-0.1, -0.05) is 6.92 Å². The van der Waals surface area contributed by atoms with Crippen molar-refractivity contribution in [2.75, 3.05) is 19.6 Å². The first kappa shape index (κ1) is 13.8. The lowest BCUT2D eigenvalue weighted by molar-refractivity contribution is -0.135. The fourth-order valence-electron chi connectivity index (χ4n) is 1.98. The second kappa shape index (κ2) is 5.87. The summed E-state index contributed by atoms with van der Waals surface area (Å²) in [6.45, 7) is 4.17. The number of unbranched alkanes of at least 4 members (excludes halogenated alkanes) is 1. The summed E-state index contributed by atoms with van der Waals surface area (Å²) in [5.74, 6) is 0.312. The molecule has 1 saturated heterocycles. The fraction of sp³-hybridized carbons (Fsp3) is 1.00. The fourth-order valence-corrected chi connectivity index (χ4v) is 1.98. The maximum atomic E-state index is 11.9. The topological polar surface area (TPSA) is 23.5 Å². The highest BCUT2D eigenvalue weighted by molar-refractivity contribution is 4.77. The van der Waals surface area contributed by atoms with E-state index in [9.17, 15) is 18.3 Å². The highest BCUT2D eigenvalue weighted by atomic mass is 19.4. The number of rotatable bonds is 4. The van der Waals surface area contributed by atoms with Gasteiger partial charge in [-0.25, -0.2) is 0 Å². The smallest absolute Gasteiger partial charge is 0.389 e. The molecular weight excluding hydrogens is 219 g/mol. The normalized spacial score (nSPS) is 28.3. The molecule has 1 aliphatic heterocycles. The number of β-amino-alcohol motifs (C(OH)–C–C–N with tert-alkyl or cyclic N) is 1. The van der Waals surface area contributed by atoms with E-state index in [4.69, 9.17) is 0 Å². The van der Waals surface area contributed by atoms with E-state index in [1.807, 2.05) is 6.92 Å². The van der Waals surface area contributed by atoms with Crippen molar-refractivity contribution < 1.29 is 18.3 Å². The third kappa shape index (κ3) is 5.16. The van der Waals surface area contributed by atoms with Gasteiger partial charge < -0.3 is 10.0 Å². The molecule has 0 radical (unpaired) electrons. The number of hydrogen-bond donors (Lipinski definition) is 1. The molecule has 0 aromatic heterocycles. The van der Waals surface area contributed by atoms with E-state index < -0.39 is 12.6 Å². The summed E-state index contributed by atoms with van der Waals surface area (Å²) in [7, 11) is 0. The molecule has 1 fully saturated rings. The van der Waals surface area contributed by atoms with Crippen LogP contribution < -0.4 is 0 Å². The van der Waals surface area contributed by atoms with Crippen LogP contribution >= 0.6 is 0 Å². The van der Waals surface area contributed by atoms with Crippen molar-refractivity contribution in [2.24, 2.45) is 5.92 Å². The van der Waals surface area contributed by atoms with Gasteiger partial charge in [0.2, 0.25) is 0 Å². The monoisotopic (exact) mass is 239 g/mol. The van der Waals surface area contributed by atoms with Gasteiger partial charge in [-0.3, -0.25) is 0 Å². The van der Waals surface area contributed by atoms with Crippen molar-refractivity contribution in [1.82, 2.24) is 4.90 Å². The van der Waals surface area contributed by atoms with E-state index >= 15 is 0 Å². The van der Waals surface area contributed by atoms with Crippen LogP contribution in [0.25, 0.3) is 0 Å². The summed E-state index contributed by atoms with van der Waals surface area (Å²) in [6.07, 6.45) is -3.38. The predicted molar refractivity (Wildman–Crippen MR) is 56.1 cm³/mol. The van der Waals surface area contributed by atoms with Crippen molar-refractivity contribution in [3.8, 4) is 0 Å². The summed E-state index contributed by atoms with van der Waals surface area (Å²) in [5.41, 5.74) is 0. The average Bonchev–Trinajstić information content (AvgIpc) is 2.17. The van der Waals surface area contributed by atoms with Gasteiger partial charge in [0.1, 0.15) is 0 Å². The first-order valence-electron chi connectivity index (χ1n) is 5.85. The summed E-state index contributed by atoms with van der Waals surface area (Å²) in [5, 5.41) is 9.61. The van der Waals surface area contributed by atoms with Gasteiger partial charge in [-0.05, 0) is 38.3 Å². The van der Waals surface area contributed by atoms with Gasteiger partial charge in [0.05, 0.1) is 6.10 Å². The molecule has 0 amide bonds. The second-order valence-corrected chi connectivity index (χ2v) is 4.71. The quantitative estimate of drug-likeness (QED) is 0.762.